The first-order valence-corrected chi connectivity index (χ1v) is 11.3. The summed E-state index contributed by atoms with van der Waals surface area (Å²) in [6.45, 7) is 10.9. The first-order chi connectivity index (χ1) is 12.1. The van der Waals surface area contributed by atoms with E-state index in [1.807, 2.05) is 20.8 Å². The zero-order valence-corrected chi connectivity index (χ0v) is 20.5. The Balaban J connectivity index is 0.00000676. The van der Waals surface area contributed by atoms with E-state index in [4.69, 9.17) is 4.74 Å². The third-order valence-corrected chi connectivity index (χ3v) is 5.11. The summed E-state index contributed by atoms with van der Waals surface area (Å²) in [4.78, 5) is 7.05. The van der Waals surface area contributed by atoms with Gasteiger partial charge in [0.1, 0.15) is 0 Å². The molecule has 1 rings (SSSR count). The molecule has 1 heterocycles. The highest BCUT2D eigenvalue weighted by Crippen LogP contribution is 2.11. The largest absolute Gasteiger partial charge is 0.385 e. The molecular formula is C17H38IN5O3S. The van der Waals surface area contributed by atoms with Gasteiger partial charge in [-0.25, -0.2) is 13.1 Å². The van der Waals surface area contributed by atoms with Crippen molar-refractivity contribution in [2.45, 2.75) is 51.6 Å². The number of ether oxygens (including phenoxy) is 1. The molecule has 0 unspecified atom stereocenters. The molecule has 0 radical (unpaired) electrons. The van der Waals surface area contributed by atoms with Crippen LogP contribution in [0.5, 0.6) is 0 Å². The minimum absolute atomic E-state index is 0. The van der Waals surface area contributed by atoms with E-state index >= 15 is 0 Å². The Morgan fingerprint density at radius 1 is 1.30 bits per heavy atom. The van der Waals surface area contributed by atoms with Gasteiger partial charge < -0.3 is 20.3 Å². The van der Waals surface area contributed by atoms with Crippen LogP contribution in [-0.4, -0.2) is 83.6 Å². The Hall–Kier alpha value is -0.170. The van der Waals surface area contributed by atoms with E-state index in [0.717, 1.165) is 58.0 Å². The molecule has 0 saturated carbocycles. The smallest absolute Gasteiger partial charge is 0.209 e. The highest BCUT2D eigenvalue weighted by atomic mass is 127. The molecule has 3 N–H and O–H groups in total. The van der Waals surface area contributed by atoms with Crippen molar-refractivity contribution < 1.29 is 13.2 Å². The van der Waals surface area contributed by atoms with Gasteiger partial charge in [-0.15, -0.1) is 24.0 Å². The lowest BCUT2D eigenvalue weighted by Crippen LogP contribution is -2.50. The zero-order chi connectivity index (χ0) is 19.6. The summed E-state index contributed by atoms with van der Waals surface area (Å²) in [7, 11) is -1.52. The predicted molar refractivity (Wildman–Crippen MR) is 123 cm³/mol. The van der Waals surface area contributed by atoms with Crippen molar-refractivity contribution in [3.05, 3.63) is 0 Å². The van der Waals surface area contributed by atoms with Crippen LogP contribution in [-0.2, 0) is 14.8 Å². The SMILES string of the molecule is CCNC(=NCC(C)(C)NS(C)(=O)=O)NC1CCN(CCCOC)CC1.I. The maximum absolute atomic E-state index is 11.5. The number of hydrogen-bond acceptors (Lipinski definition) is 5. The number of aliphatic imine (C=N–C) groups is 1. The van der Waals surface area contributed by atoms with Gasteiger partial charge in [0.25, 0.3) is 0 Å². The average molecular weight is 519 g/mol. The summed E-state index contributed by atoms with van der Waals surface area (Å²) in [6.07, 6.45) is 4.38. The second kappa shape index (κ2) is 13.1. The zero-order valence-electron chi connectivity index (χ0n) is 17.4. The molecule has 1 aliphatic rings. The number of piperidine rings is 1. The number of hydrogen-bond donors (Lipinski definition) is 3. The normalized spacial score (nSPS) is 17.4. The molecule has 0 atom stereocenters. The summed E-state index contributed by atoms with van der Waals surface area (Å²) in [5.41, 5.74) is -0.624. The minimum Gasteiger partial charge on any atom is -0.385 e. The van der Waals surface area contributed by atoms with Crippen LogP contribution in [0.1, 0.15) is 40.0 Å². The van der Waals surface area contributed by atoms with Gasteiger partial charge in [-0.05, 0) is 40.0 Å². The summed E-state index contributed by atoms with van der Waals surface area (Å²) in [5.74, 6) is 0.744. The lowest BCUT2D eigenvalue weighted by molar-refractivity contribution is 0.155. The van der Waals surface area contributed by atoms with E-state index in [9.17, 15) is 8.42 Å². The molecule has 10 heteroatoms. The summed E-state index contributed by atoms with van der Waals surface area (Å²) >= 11 is 0. The third-order valence-electron chi connectivity index (χ3n) is 4.19. The molecule has 0 amide bonds. The van der Waals surface area contributed by atoms with E-state index in [1.54, 1.807) is 7.11 Å². The summed E-state index contributed by atoms with van der Waals surface area (Å²) in [5, 5.41) is 6.74. The first-order valence-electron chi connectivity index (χ1n) is 9.40. The standard InChI is InChI=1S/C17H37N5O3S.HI/c1-6-18-16(19-14-17(2,3)21-26(5,23)24)20-15-8-11-22(12-9-15)10-7-13-25-4;/h15,21H,6-14H2,1-5H3,(H2,18,19,20);1H. The van der Waals surface area contributed by atoms with Crippen molar-refractivity contribution >= 4 is 40.0 Å². The summed E-state index contributed by atoms with van der Waals surface area (Å²) in [6, 6.07) is 0.387. The Bertz CT molecular complexity index is 535. The molecule has 0 aromatic rings. The van der Waals surface area contributed by atoms with Crippen molar-refractivity contribution in [1.29, 1.82) is 0 Å². The van der Waals surface area contributed by atoms with E-state index in [0.29, 0.717) is 12.6 Å². The number of methoxy groups -OCH3 is 1. The molecule has 1 saturated heterocycles. The Labute approximate surface area is 182 Å². The van der Waals surface area contributed by atoms with Crippen molar-refractivity contribution in [2.75, 3.05) is 52.7 Å². The molecule has 0 spiro atoms. The minimum atomic E-state index is -3.26. The van der Waals surface area contributed by atoms with E-state index in [-0.39, 0.29) is 24.0 Å². The topological polar surface area (TPSA) is 95.1 Å². The van der Waals surface area contributed by atoms with E-state index in [2.05, 4.69) is 25.2 Å². The lowest BCUT2D eigenvalue weighted by atomic mass is 10.1. The Morgan fingerprint density at radius 3 is 2.44 bits per heavy atom. The number of sulfonamides is 1. The fourth-order valence-corrected chi connectivity index (χ4v) is 4.13. The molecule has 1 aliphatic heterocycles. The quantitative estimate of drug-likeness (QED) is 0.173. The predicted octanol–water partition coefficient (Wildman–Crippen LogP) is 0.988. The van der Waals surface area contributed by atoms with Gasteiger partial charge in [0, 0.05) is 51.5 Å². The van der Waals surface area contributed by atoms with Gasteiger partial charge in [0.2, 0.25) is 10.0 Å². The van der Waals surface area contributed by atoms with Crippen molar-refractivity contribution in [1.82, 2.24) is 20.3 Å². The average Bonchev–Trinajstić information content (AvgIpc) is 2.52. The maximum Gasteiger partial charge on any atom is 0.209 e. The van der Waals surface area contributed by atoms with Crippen molar-refractivity contribution in [3.63, 3.8) is 0 Å². The molecule has 0 aliphatic carbocycles. The summed E-state index contributed by atoms with van der Waals surface area (Å²) < 4.78 is 30.6. The first kappa shape index (κ1) is 26.8. The van der Waals surface area contributed by atoms with Gasteiger partial charge in [0.05, 0.1) is 12.8 Å². The maximum atomic E-state index is 11.5. The molecular weight excluding hydrogens is 481 g/mol. The van der Waals surface area contributed by atoms with Gasteiger partial charge in [0.15, 0.2) is 5.96 Å². The van der Waals surface area contributed by atoms with Gasteiger partial charge in [-0.2, -0.15) is 0 Å². The Morgan fingerprint density at radius 2 is 1.93 bits per heavy atom. The van der Waals surface area contributed by atoms with Crippen LogP contribution < -0.4 is 15.4 Å². The van der Waals surface area contributed by atoms with Crippen LogP contribution in [0, 0.1) is 0 Å². The van der Waals surface area contributed by atoms with Crippen molar-refractivity contribution in [3.8, 4) is 0 Å². The number of halogens is 1. The molecule has 8 nitrogen and oxygen atoms in total. The van der Waals surface area contributed by atoms with Crippen LogP contribution in [0.3, 0.4) is 0 Å². The second-order valence-corrected chi connectivity index (χ2v) is 9.31. The van der Waals surface area contributed by atoms with E-state index < -0.39 is 15.6 Å². The van der Waals surface area contributed by atoms with Crippen molar-refractivity contribution in [2.24, 2.45) is 4.99 Å². The van der Waals surface area contributed by atoms with Crippen LogP contribution in [0.4, 0.5) is 0 Å². The molecule has 27 heavy (non-hydrogen) atoms. The molecule has 162 valence electrons. The fraction of sp³-hybridized carbons (Fsp3) is 0.941. The van der Waals surface area contributed by atoms with Gasteiger partial charge in [-0.3, -0.25) is 4.99 Å². The monoisotopic (exact) mass is 519 g/mol. The molecule has 0 aromatic carbocycles. The number of likely N-dealkylation sites (tertiary alicyclic amines) is 1. The van der Waals surface area contributed by atoms with Crippen LogP contribution >= 0.6 is 24.0 Å². The highest BCUT2D eigenvalue weighted by molar-refractivity contribution is 14.0. The van der Waals surface area contributed by atoms with Crippen LogP contribution in [0.2, 0.25) is 0 Å². The number of nitrogens with one attached hydrogen (secondary N) is 3. The van der Waals surface area contributed by atoms with Crippen LogP contribution in [0.25, 0.3) is 0 Å². The van der Waals surface area contributed by atoms with Crippen LogP contribution in [0.15, 0.2) is 4.99 Å². The molecule has 0 aromatic heterocycles. The third kappa shape index (κ3) is 12.8. The van der Waals surface area contributed by atoms with Gasteiger partial charge >= 0.3 is 0 Å². The number of nitrogens with zero attached hydrogens (tertiary/aromatic N) is 2. The lowest BCUT2D eigenvalue weighted by Gasteiger charge is -2.33. The Kier molecular flexibility index (Phi) is 13.0. The van der Waals surface area contributed by atoms with Gasteiger partial charge in [-0.1, -0.05) is 0 Å². The number of rotatable bonds is 10. The highest BCUT2D eigenvalue weighted by Gasteiger charge is 2.23. The second-order valence-electron chi connectivity index (χ2n) is 7.56. The number of guanidine groups is 1. The molecule has 1 fully saturated rings. The molecule has 0 bridgehead atoms. The van der Waals surface area contributed by atoms with E-state index in [1.165, 1.54) is 6.26 Å². The fourth-order valence-electron chi connectivity index (χ4n) is 3.06.